The summed E-state index contributed by atoms with van der Waals surface area (Å²) in [4.78, 5) is 21.0. The van der Waals surface area contributed by atoms with Gasteiger partial charge in [0, 0.05) is 24.2 Å². The number of amides is 1. The Morgan fingerprint density at radius 3 is 2.57 bits per heavy atom. The van der Waals surface area contributed by atoms with E-state index in [-0.39, 0.29) is 21.6 Å². The molecule has 1 aromatic carbocycles. The third kappa shape index (κ3) is 5.38. The molecule has 0 aliphatic rings. The van der Waals surface area contributed by atoms with Crippen LogP contribution in [0.2, 0.25) is 5.15 Å². The first-order valence-corrected chi connectivity index (χ1v) is 13.1. The first kappa shape index (κ1) is 23.1. The number of sulfonamides is 1. The number of alkyl halides is 1. The van der Waals surface area contributed by atoms with Crippen LogP contribution in [0.25, 0.3) is 10.4 Å². The fourth-order valence-electron chi connectivity index (χ4n) is 2.53. The van der Waals surface area contributed by atoms with Crippen molar-refractivity contribution in [3.63, 3.8) is 0 Å². The quantitative estimate of drug-likeness (QED) is 0.285. The second kappa shape index (κ2) is 9.73. The summed E-state index contributed by atoms with van der Waals surface area (Å²) in [5.41, 5.74) is 1.48. The number of carbonyl (C=O) groups is 1. The molecule has 2 heterocycles. The number of hydrogen-bond donors (Lipinski definition) is 2. The van der Waals surface area contributed by atoms with Crippen LogP contribution in [-0.4, -0.2) is 29.6 Å². The normalized spacial score (nSPS) is 11.3. The van der Waals surface area contributed by atoms with E-state index in [1.807, 2.05) is 0 Å². The Bertz CT molecular complexity index is 1190. The molecule has 0 saturated carbocycles. The van der Waals surface area contributed by atoms with Crippen LogP contribution in [0.15, 0.2) is 45.9 Å². The summed E-state index contributed by atoms with van der Waals surface area (Å²) in [6.07, 6.45) is 0.603. The zero-order chi connectivity index (χ0) is 21.9. The third-order valence-corrected chi connectivity index (χ3v) is 7.50. The van der Waals surface area contributed by atoms with Crippen molar-refractivity contribution in [1.29, 1.82) is 0 Å². The number of rotatable bonds is 7. The van der Waals surface area contributed by atoms with Gasteiger partial charge in [0.1, 0.15) is 4.60 Å². The van der Waals surface area contributed by atoms with Crippen molar-refractivity contribution in [2.75, 3.05) is 15.4 Å². The Balaban J connectivity index is 2.06. The van der Waals surface area contributed by atoms with Gasteiger partial charge in [-0.3, -0.25) is 9.52 Å². The molecule has 0 atom stereocenters. The van der Waals surface area contributed by atoms with Gasteiger partial charge in [-0.2, -0.15) is 0 Å². The van der Waals surface area contributed by atoms with E-state index < -0.39 is 10.0 Å². The van der Waals surface area contributed by atoms with Gasteiger partial charge in [-0.25, -0.2) is 18.4 Å². The molecule has 3 rings (SSSR count). The summed E-state index contributed by atoms with van der Waals surface area (Å²) in [6, 6.07) is 9.57. The highest BCUT2D eigenvalue weighted by atomic mass is 79.9. The number of nitrogens with one attached hydrogen (secondary N) is 2. The van der Waals surface area contributed by atoms with E-state index in [9.17, 15) is 13.2 Å². The molecule has 0 spiro atoms. The number of hydrogen-bond acceptors (Lipinski definition) is 6. The number of aryl methyl sites for hydroxylation is 1. The van der Waals surface area contributed by atoms with Crippen LogP contribution >= 0.6 is 54.8 Å². The Morgan fingerprint density at radius 2 is 1.93 bits per heavy atom. The van der Waals surface area contributed by atoms with E-state index in [0.29, 0.717) is 27.0 Å². The van der Waals surface area contributed by atoms with Crippen molar-refractivity contribution in [2.45, 2.75) is 18.2 Å². The Labute approximate surface area is 199 Å². The van der Waals surface area contributed by atoms with E-state index in [0.717, 1.165) is 10.6 Å². The van der Waals surface area contributed by atoms with Crippen molar-refractivity contribution in [1.82, 2.24) is 9.97 Å². The molecule has 1 amide bonds. The van der Waals surface area contributed by atoms with Gasteiger partial charge >= 0.3 is 0 Å². The van der Waals surface area contributed by atoms with E-state index in [1.54, 1.807) is 24.3 Å². The Hall–Kier alpha value is -1.53. The lowest BCUT2D eigenvalue weighted by Gasteiger charge is -2.12. The van der Waals surface area contributed by atoms with Crippen LogP contribution in [0, 0.1) is 0 Å². The number of halogens is 3. The molecule has 0 radical (unpaired) electrons. The van der Waals surface area contributed by atoms with Crippen molar-refractivity contribution in [3.8, 4) is 10.4 Å². The van der Waals surface area contributed by atoms with Crippen LogP contribution in [0.1, 0.15) is 12.6 Å². The maximum absolute atomic E-state index is 12.7. The minimum Gasteiger partial charge on any atom is -0.302 e. The zero-order valence-electron chi connectivity index (χ0n) is 15.4. The summed E-state index contributed by atoms with van der Waals surface area (Å²) in [5.74, 6) is -0.231. The second-order valence-electron chi connectivity index (χ2n) is 6.00. The molecule has 158 valence electrons. The average molecular weight is 595 g/mol. The van der Waals surface area contributed by atoms with E-state index in [1.165, 1.54) is 30.4 Å². The van der Waals surface area contributed by atoms with Gasteiger partial charge in [0.15, 0.2) is 10.3 Å². The van der Waals surface area contributed by atoms with Gasteiger partial charge in [0.2, 0.25) is 5.91 Å². The fourth-order valence-corrected chi connectivity index (χ4v) is 6.02. The van der Waals surface area contributed by atoms with Gasteiger partial charge in [-0.15, -0.1) is 0 Å². The molecule has 12 heteroatoms. The Morgan fingerprint density at radius 1 is 1.23 bits per heavy atom. The number of thiazole rings is 1. The minimum atomic E-state index is -3.85. The van der Waals surface area contributed by atoms with E-state index in [4.69, 9.17) is 11.6 Å². The lowest BCUT2D eigenvalue weighted by molar-refractivity contribution is -0.114. The van der Waals surface area contributed by atoms with Crippen LogP contribution in [0.5, 0.6) is 0 Å². The molecule has 2 aromatic heterocycles. The van der Waals surface area contributed by atoms with Crippen molar-refractivity contribution >= 4 is 81.5 Å². The largest absolute Gasteiger partial charge is 0.302 e. The topological polar surface area (TPSA) is 101 Å². The van der Waals surface area contributed by atoms with Gasteiger partial charge < -0.3 is 5.32 Å². The average Bonchev–Trinajstić information content (AvgIpc) is 3.06. The number of anilines is 2. The van der Waals surface area contributed by atoms with Crippen molar-refractivity contribution in [2.24, 2.45) is 0 Å². The highest BCUT2D eigenvalue weighted by Crippen LogP contribution is 2.40. The van der Waals surface area contributed by atoms with E-state index >= 15 is 0 Å². The van der Waals surface area contributed by atoms with Crippen LogP contribution < -0.4 is 10.0 Å². The van der Waals surface area contributed by atoms with Gasteiger partial charge in [-0.05, 0) is 34.1 Å². The molecule has 30 heavy (non-hydrogen) atoms. The first-order valence-electron chi connectivity index (χ1n) is 8.49. The van der Waals surface area contributed by atoms with Crippen LogP contribution in [-0.2, 0) is 21.2 Å². The Kier molecular flexibility index (Phi) is 7.51. The minimum absolute atomic E-state index is 0.00114. The van der Waals surface area contributed by atoms with Crippen molar-refractivity contribution < 1.29 is 13.2 Å². The summed E-state index contributed by atoms with van der Waals surface area (Å²) >= 11 is 14.3. The van der Waals surface area contributed by atoms with Crippen LogP contribution in [0.3, 0.4) is 0 Å². The number of pyridine rings is 1. The predicted molar refractivity (Wildman–Crippen MR) is 127 cm³/mol. The smallest absolute Gasteiger partial charge is 0.261 e. The zero-order valence-corrected chi connectivity index (χ0v) is 21.0. The fraction of sp³-hybridized carbons (Fsp3) is 0.167. The number of benzene rings is 1. The molecular formula is C18H15Br2ClN4O3S2. The molecule has 7 nitrogen and oxygen atoms in total. The molecule has 3 aromatic rings. The maximum Gasteiger partial charge on any atom is 0.261 e. The molecule has 0 bridgehead atoms. The number of aromatic nitrogens is 2. The molecule has 0 aliphatic heterocycles. The highest BCUT2D eigenvalue weighted by Gasteiger charge is 2.21. The molecule has 0 fully saturated rings. The first-order chi connectivity index (χ1) is 14.2. The molecule has 0 aliphatic carbocycles. The van der Waals surface area contributed by atoms with Crippen LogP contribution in [0.4, 0.5) is 10.8 Å². The molecule has 2 N–H and O–H groups in total. The standard InChI is InChI=1S/C18H15Br2ClN4O3S2/c1-10(26)22-18-23-13(7-8-19)15(29-18)12-9-14(17(21)24-16(12)20)25-30(27,28)11-5-3-2-4-6-11/h2-6,9,25H,7-8H2,1H3,(H,22,23,26). The summed E-state index contributed by atoms with van der Waals surface area (Å²) < 4.78 is 28.3. The summed E-state index contributed by atoms with van der Waals surface area (Å²) in [6.45, 7) is 1.40. The predicted octanol–water partition coefficient (Wildman–Crippen LogP) is 5.32. The van der Waals surface area contributed by atoms with Gasteiger partial charge in [0.05, 0.1) is 21.2 Å². The lowest BCUT2D eigenvalue weighted by Crippen LogP contribution is -2.13. The maximum atomic E-state index is 12.7. The SMILES string of the molecule is CC(=O)Nc1nc(CCBr)c(-c2cc(NS(=O)(=O)c3ccccc3)c(Cl)nc2Br)s1. The summed E-state index contributed by atoms with van der Waals surface area (Å²) in [5, 5.41) is 3.79. The molecular weight excluding hydrogens is 580 g/mol. The van der Waals surface area contributed by atoms with Crippen molar-refractivity contribution in [3.05, 3.63) is 51.8 Å². The second-order valence-corrected chi connectivity index (χ2v) is 10.6. The van der Waals surface area contributed by atoms with Gasteiger partial charge in [0.25, 0.3) is 10.0 Å². The molecule has 0 saturated heterocycles. The van der Waals surface area contributed by atoms with Gasteiger partial charge in [-0.1, -0.05) is 57.1 Å². The van der Waals surface area contributed by atoms with E-state index in [2.05, 4.69) is 51.9 Å². The molecule has 0 unspecified atom stereocenters. The highest BCUT2D eigenvalue weighted by molar-refractivity contribution is 9.10. The third-order valence-electron chi connectivity index (χ3n) is 3.78. The lowest BCUT2D eigenvalue weighted by atomic mass is 10.2. The number of carbonyl (C=O) groups excluding carboxylic acids is 1. The summed E-state index contributed by atoms with van der Waals surface area (Å²) in [7, 11) is -3.85. The monoisotopic (exact) mass is 592 g/mol. The number of nitrogens with zero attached hydrogens (tertiary/aromatic N) is 2.